The highest BCUT2D eigenvalue weighted by Gasteiger charge is 2.23. The number of carbonyl (C=O) groups excluding carboxylic acids is 1. The number of halogens is 2. The molecule has 2 atom stereocenters. The maximum Gasteiger partial charge on any atom is 0.282 e. The van der Waals surface area contributed by atoms with Gasteiger partial charge in [0, 0.05) is 17.8 Å². The van der Waals surface area contributed by atoms with E-state index in [1.54, 1.807) is 0 Å². The van der Waals surface area contributed by atoms with Crippen molar-refractivity contribution in [3.05, 3.63) is 57.4 Å². The first kappa shape index (κ1) is 20.4. The molecule has 3 N–H and O–H groups in total. The first-order valence-corrected chi connectivity index (χ1v) is 7.88. The summed E-state index contributed by atoms with van der Waals surface area (Å²) in [5.74, 6) is -0.651. The van der Waals surface area contributed by atoms with Crippen LogP contribution in [-0.4, -0.2) is 43.5 Å². The van der Waals surface area contributed by atoms with Gasteiger partial charge in [0.15, 0.2) is 0 Å². The second-order valence-electron chi connectivity index (χ2n) is 5.82. The van der Waals surface area contributed by atoms with Crippen LogP contribution in [0.3, 0.4) is 0 Å². The Hall–Kier alpha value is -2.92. The van der Waals surface area contributed by atoms with E-state index < -0.39 is 41.7 Å². The van der Waals surface area contributed by atoms with Crippen molar-refractivity contribution in [1.82, 2.24) is 15.1 Å². The molecule has 2 unspecified atom stereocenters. The molecule has 0 aliphatic heterocycles. The number of carbonyl (C=O) groups is 1. The number of nitrogens with zero attached hydrogens (tertiary/aromatic N) is 3. The maximum atomic E-state index is 12.6. The van der Waals surface area contributed by atoms with Crippen molar-refractivity contribution >= 4 is 11.6 Å². The number of alkyl halides is 2. The number of benzene rings is 1. The molecule has 0 saturated carbocycles. The molecule has 9 nitrogen and oxygen atoms in total. The van der Waals surface area contributed by atoms with Gasteiger partial charge in [-0.15, -0.1) is 0 Å². The molecule has 1 aromatic carbocycles. The third-order valence-electron chi connectivity index (χ3n) is 3.89. The van der Waals surface area contributed by atoms with Gasteiger partial charge >= 0.3 is 0 Å². The van der Waals surface area contributed by atoms with Crippen LogP contribution in [0.15, 0.2) is 30.3 Å². The van der Waals surface area contributed by atoms with Crippen LogP contribution in [-0.2, 0) is 11.3 Å². The second kappa shape index (κ2) is 8.64. The van der Waals surface area contributed by atoms with Crippen molar-refractivity contribution in [2.75, 3.05) is 6.61 Å². The molecule has 0 saturated heterocycles. The molecule has 1 amide bonds. The minimum atomic E-state index is -2.76. The summed E-state index contributed by atoms with van der Waals surface area (Å²) in [6.45, 7) is 0.535. The van der Waals surface area contributed by atoms with E-state index >= 15 is 0 Å². The lowest BCUT2D eigenvalue weighted by atomic mass is 10.0. The topological polar surface area (TPSA) is 131 Å². The number of nitrogens with one attached hydrogen (secondary N) is 1. The fraction of sp³-hybridized carbons (Fsp3) is 0.375. The summed E-state index contributed by atoms with van der Waals surface area (Å²) in [5, 5.41) is 36.4. The molecule has 0 spiro atoms. The van der Waals surface area contributed by atoms with Gasteiger partial charge in [-0.1, -0.05) is 0 Å². The molecule has 2 aromatic rings. The first-order chi connectivity index (χ1) is 12.7. The largest absolute Gasteiger partial charge is 0.394 e. The number of aromatic nitrogens is 2. The quantitative estimate of drug-likeness (QED) is 0.464. The summed E-state index contributed by atoms with van der Waals surface area (Å²) >= 11 is 0. The average Bonchev–Trinajstić information content (AvgIpc) is 3.00. The van der Waals surface area contributed by atoms with Crippen LogP contribution >= 0.6 is 0 Å². The van der Waals surface area contributed by atoms with Crippen LogP contribution in [0, 0.1) is 17.0 Å². The lowest BCUT2D eigenvalue weighted by molar-refractivity contribution is -0.384. The van der Waals surface area contributed by atoms with E-state index in [0.29, 0.717) is 5.69 Å². The van der Waals surface area contributed by atoms with E-state index in [4.69, 9.17) is 0 Å². The van der Waals surface area contributed by atoms with E-state index in [-0.39, 0.29) is 17.8 Å². The Labute approximate surface area is 152 Å². The van der Waals surface area contributed by atoms with Gasteiger partial charge in [-0.2, -0.15) is 5.10 Å². The van der Waals surface area contributed by atoms with Gasteiger partial charge in [-0.3, -0.25) is 19.6 Å². The zero-order valence-corrected chi connectivity index (χ0v) is 14.2. The molecule has 0 fully saturated rings. The van der Waals surface area contributed by atoms with Crippen molar-refractivity contribution in [3.63, 3.8) is 0 Å². The van der Waals surface area contributed by atoms with Gasteiger partial charge < -0.3 is 15.5 Å². The molecule has 27 heavy (non-hydrogen) atoms. The van der Waals surface area contributed by atoms with E-state index in [1.807, 2.05) is 0 Å². The van der Waals surface area contributed by atoms with Crippen molar-refractivity contribution in [3.8, 4) is 0 Å². The molecule has 1 aromatic heterocycles. The van der Waals surface area contributed by atoms with Gasteiger partial charge in [-0.05, 0) is 30.7 Å². The molecular weight excluding hydrogens is 366 g/mol. The number of aliphatic hydroxyl groups is 2. The highest BCUT2D eigenvalue weighted by Crippen LogP contribution is 2.21. The van der Waals surface area contributed by atoms with Crippen molar-refractivity contribution in [2.24, 2.45) is 0 Å². The molecular formula is C16H18F2N4O5. The highest BCUT2D eigenvalue weighted by molar-refractivity contribution is 5.76. The van der Waals surface area contributed by atoms with Crippen LogP contribution in [0.5, 0.6) is 0 Å². The summed E-state index contributed by atoms with van der Waals surface area (Å²) < 4.78 is 26.4. The number of hydrogen-bond donors (Lipinski definition) is 3. The number of nitro groups is 1. The summed E-state index contributed by atoms with van der Waals surface area (Å²) in [7, 11) is 0. The average molecular weight is 384 g/mol. The molecule has 0 bridgehead atoms. The van der Waals surface area contributed by atoms with Gasteiger partial charge in [0.05, 0.1) is 17.6 Å². The lowest BCUT2D eigenvalue weighted by Gasteiger charge is -2.22. The molecule has 0 aliphatic rings. The smallest absolute Gasteiger partial charge is 0.282 e. The summed E-state index contributed by atoms with van der Waals surface area (Å²) in [6.07, 6.45) is -4.09. The Morgan fingerprint density at radius 3 is 2.48 bits per heavy atom. The van der Waals surface area contributed by atoms with Gasteiger partial charge in [0.1, 0.15) is 18.3 Å². The molecule has 2 rings (SSSR count). The number of aliphatic hydroxyl groups excluding tert-OH is 2. The van der Waals surface area contributed by atoms with Gasteiger partial charge in [0.2, 0.25) is 5.91 Å². The number of non-ortho nitro benzene ring substituents is 1. The molecule has 146 valence electrons. The molecule has 0 aliphatic carbocycles. The standard InChI is InChI=1S/C16H18F2N4O5/c1-9-6-12(16(17)18)20-21(9)7-14(24)19-13(8-23)15(25)10-2-4-11(5-3-10)22(26)27/h2-6,13,15-16,23,25H,7-8H2,1H3,(H,19,24). The number of rotatable bonds is 8. The summed E-state index contributed by atoms with van der Waals surface area (Å²) in [6, 6.07) is 5.06. The minimum absolute atomic E-state index is 0.167. The SMILES string of the molecule is Cc1cc(C(F)F)nn1CC(=O)NC(CO)C(O)c1ccc([N+](=O)[O-])cc1. The van der Waals surface area contributed by atoms with Crippen LogP contribution in [0.1, 0.15) is 29.5 Å². The first-order valence-electron chi connectivity index (χ1n) is 7.88. The van der Waals surface area contributed by atoms with E-state index in [9.17, 15) is 33.9 Å². The van der Waals surface area contributed by atoms with Gasteiger partial charge in [0.25, 0.3) is 12.1 Å². The number of hydrogen-bond acceptors (Lipinski definition) is 6. The third kappa shape index (κ3) is 5.05. The number of nitro benzene ring substituents is 1. The fourth-order valence-corrected chi connectivity index (χ4v) is 2.44. The van der Waals surface area contributed by atoms with Crippen molar-refractivity contribution < 1.29 is 28.7 Å². The van der Waals surface area contributed by atoms with Crippen LogP contribution in [0.2, 0.25) is 0 Å². The van der Waals surface area contributed by atoms with Gasteiger partial charge in [-0.25, -0.2) is 8.78 Å². The third-order valence-corrected chi connectivity index (χ3v) is 3.89. The zero-order chi connectivity index (χ0) is 20.1. The lowest BCUT2D eigenvalue weighted by Crippen LogP contribution is -2.43. The van der Waals surface area contributed by atoms with Crippen LogP contribution < -0.4 is 5.32 Å². The van der Waals surface area contributed by atoms with Crippen molar-refractivity contribution in [2.45, 2.75) is 32.0 Å². The monoisotopic (exact) mass is 384 g/mol. The van der Waals surface area contributed by atoms with Crippen LogP contribution in [0.25, 0.3) is 0 Å². The Balaban J connectivity index is 2.04. The second-order valence-corrected chi connectivity index (χ2v) is 5.82. The molecule has 11 heteroatoms. The van der Waals surface area contributed by atoms with E-state index in [1.165, 1.54) is 31.2 Å². The molecule has 1 heterocycles. The van der Waals surface area contributed by atoms with E-state index in [2.05, 4.69) is 10.4 Å². The Morgan fingerprint density at radius 2 is 2.00 bits per heavy atom. The summed E-state index contributed by atoms with van der Waals surface area (Å²) in [5.41, 5.74) is -0.00318. The minimum Gasteiger partial charge on any atom is -0.394 e. The number of aryl methyl sites for hydroxylation is 1. The Kier molecular flexibility index (Phi) is 6.53. The highest BCUT2D eigenvalue weighted by atomic mass is 19.3. The summed E-state index contributed by atoms with van der Waals surface area (Å²) in [4.78, 5) is 22.2. The van der Waals surface area contributed by atoms with E-state index in [0.717, 1.165) is 10.7 Å². The predicted molar refractivity (Wildman–Crippen MR) is 89.0 cm³/mol. The van der Waals surface area contributed by atoms with Crippen LogP contribution in [0.4, 0.5) is 14.5 Å². The Morgan fingerprint density at radius 1 is 1.37 bits per heavy atom. The predicted octanol–water partition coefficient (Wildman–Crippen LogP) is 1.25. The van der Waals surface area contributed by atoms with Crippen molar-refractivity contribution in [1.29, 1.82) is 0 Å². The zero-order valence-electron chi connectivity index (χ0n) is 14.2. The maximum absolute atomic E-state index is 12.6. The molecule has 0 radical (unpaired) electrons. The number of amides is 1. The Bertz CT molecular complexity index is 810. The normalized spacial score (nSPS) is 13.4. The fourth-order valence-electron chi connectivity index (χ4n) is 2.44.